The second-order valence-electron chi connectivity index (χ2n) is 8.26. The number of hydrogen-bond acceptors (Lipinski definition) is 5. The molecule has 0 spiro atoms. The molecule has 0 bridgehead atoms. The SMILES string of the molecule is CC(=O)N1CCC(O)(CN2CC(N3CCN(c4ccc(F)cc4)CC3)C2)C1. The van der Waals surface area contributed by atoms with Gasteiger partial charge in [-0.3, -0.25) is 14.6 Å². The molecule has 7 heteroatoms. The fourth-order valence-corrected chi connectivity index (χ4v) is 4.57. The van der Waals surface area contributed by atoms with Crippen LogP contribution < -0.4 is 4.90 Å². The maximum Gasteiger partial charge on any atom is 0.219 e. The van der Waals surface area contributed by atoms with Gasteiger partial charge in [0.1, 0.15) is 5.82 Å². The van der Waals surface area contributed by atoms with Crippen LogP contribution in [0.3, 0.4) is 0 Å². The predicted octanol–water partition coefficient (Wildman–Crippen LogP) is 0.615. The zero-order chi connectivity index (χ0) is 19.0. The minimum Gasteiger partial charge on any atom is -0.387 e. The van der Waals surface area contributed by atoms with E-state index < -0.39 is 5.60 Å². The van der Waals surface area contributed by atoms with Gasteiger partial charge in [-0.15, -0.1) is 0 Å². The Hall–Kier alpha value is -1.70. The quantitative estimate of drug-likeness (QED) is 0.835. The average Bonchev–Trinajstić information content (AvgIpc) is 3.02. The first kappa shape index (κ1) is 18.7. The molecule has 3 saturated heterocycles. The van der Waals surface area contributed by atoms with Crippen LogP contribution in [0.15, 0.2) is 24.3 Å². The zero-order valence-electron chi connectivity index (χ0n) is 16.0. The molecule has 0 aliphatic carbocycles. The smallest absolute Gasteiger partial charge is 0.219 e. The minimum absolute atomic E-state index is 0.0476. The van der Waals surface area contributed by atoms with Gasteiger partial charge in [0, 0.05) is 71.0 Å². The molecule has 3 heterocycles. The number of benzene rings is 1. The second-order valence-corrected chi connectivity index (χ2v) is 8.26. The molecular formula is C20H29FN4O2. The summed E-state index contributed by atoms with van der Waals surface area (Å²) >= 11 is 0. The summed E-state index contributed by atoms with van der Waals surface area (Å²) in [5, 5.41) is 10.7. The Kier molecular flexibility index (Phi) is 5.09. The molecule has 27 heavy (non-hydrogen) atoms. The lowest BCUT2D eigenvalue weighted by atomic mass is 9.98. The van der Waals surface area contributed by atoms with Crippen molar-refractivity contribution in [3.8, 4) is 0 Å². The van der Waals surface area contributed by atoms with Gasteiger partial charge in [-0.05, 0) is 30.7 Å². The average molecular weight is 376 g/mol. The Morgan fingerprint density at radius 1 is 1.15 bits per heavy atom. The Bertz CT molecular complexity index is 671. The summed E-state index contributed by atoms with van der Waals surface area (Å²) in [7, 11) is 0. The number of nitrogens with zero attached hydrogens (tertiary/aromatic N) is 4. The van der Waals surface area contributed by atoms with E-state index in [0.717, 1.165) is 45.0 Å². The van der Waals surface area contributed by atoms with Gasteiger partial charge < -0.3 is 14.9 Å². The number of carbonyl (C=O) groups is 1. The van der Waals surface area contributed by atoms with E-state index in [-0.39, 0.29) is 11.7 Å². The molecule has 4 rings (SSSR count). The Morgan fingerprint density at radius 2 is 1.81 bits per heavy atom. The van der Waals surface area contributed by atoms with Crippen LogP contribution in [0.25, 0.3) is 0 Å². The molecule has 3 aliphatic rings. The van der Waals surface area contributed by atoms with Crippen molar-refractivity contribution in [2.45, 2.75) is 25.0 Å². The molecule has 0 saturated carbocycles. The number of anilines is 1. The summed E-state index contributed by atoms with van der Waals surface area (Å²) < 4.78 is 13.1. The predicted molar refractivity (Wildman–Crippen MR) is 102 cm³/mol. The number of aliphatic hydroxyl groups is 1. The van der Waals surface area contributed by atoms with Crippen LogP contribution in [-0.4, -0.2) is 96.3 Å². The zero-order valence-corrected chi connectivity index (χ0v) is 16.0. The van der Waals surface area contributed by atoms with E-state index in [1.54, 1.807) is 11.8 Å². The highest BCUT2D eigenvalue weighted by molar-refractivity contribution is 5.73. The van der Waals surface area contributed by atoms with Crippen molar-refractivity contribution in [2.75, 3.05) is 63.8 Å². The maximum atomic E-state index is 13.1. The third kappa shape index (κ3) is 4.10. The molecule has 0 aromatic heterocycles. The number of likely N-dealkylation sites (tertiary alicyclic amines) is 2. The fraction of sp³-hybridized carbons (Fsp3) is 0.650. The summed E-state index contributed by atoms with van der Waals surface area (Å²) in [6, 6.07) is 7.29. The molecule has 1 N–H and O–H groups in total. The molecule has 1 amide bonds. The molecule has 3 fully saturated rings. The number of amides is 1. The lowest BCUT2D eigenvalue weighted by Gasteiger charge is -2.50. The molecule has 1 aromatic carbocycles. The van der Waals surface area contributed by atoms with E-state index in [9.17, 15) is 14.3 Å². The van der Waals surface area contributed by atoms with Crippen molar-refractivity contribution in [1.29, 1.82) is 0 Å². The molecule has 148 valence electrons. The standard InChI is InChI=1S/C20H29FN4O2/c1-16(26)25-7-6-20(27,15-25)14-22-12-19(13-22)24-10-8-23(9-11-24)18-4-2-17(21)3-5-18/h2-5,19,27H,6-15H2,1H3. The fourth-order valence-electron chi connectivity index (χ4n) is 4.57. The highest BCUT2D eigenvalue weighted by atomic mass is 19.1. The van der Waals surface area contributed by atoms with Gasteiger partial charge in [0.15, 0.2) is 0 Å². The van der Waals surface area contributed by atoms with E-state index in [0.29, 0.717) is 32.1 Å². The van der Waals surface area contributed by atoms with E-state index in [4.69, 9.17) is 0 Å². The van der Waals surface area contributed by atoms with E-state index in [1.807, 2.05) is 12.1 Å². The van der Waals surface area contributed by atoms with Crippen LogP contribution in [0, 0.1) is 5.82 Å². The number of halogens is 1. The number of piperazine rings is 1. The van der Waals surface area contributed by atoms with Crippen LogP contribution in [0.5, 0.6) is 0 Å². The van der Waals surface area contributed by atoms with Crippen LogP contribution in [0.4, 0.5) is 10.1 Å². The van der Waals surface area contributed by atoms with Gasteiger partial charge in [0.25, 0.3) is 0 Å². The Morgan fingerprint density at radius 3 is 2.41 bits per heavy atom. The molecule has 6 nitrogen and oxygen atoms in total. The Labute approximate surface area is 160 Å². The summed E-state index contributed by atoms with van der Waals surface area (Å²) in [5.74, 6) is -0.145. The number of β-amino-alcohol motifs (C(OH)–C–C–N with tert-alkyl or cyclic N) is 1. The van der Waals surface area contributed by atoms with Crippen molar-refractivity contribution in [3.05, 3.63) is 30.1 Å². The molecule has 1 unspecified atom stereocenters. The number of rotatable bonds is 4. The van der Waals surface area contributed by atoms with Gasteiger partial charge >= 0.3 is 0 Å². The highest BCUT2D eigenvalue weighted by Gasteiger charge is 2.42. The largest absolute Gasteiger partial charge is 0.387 e. The van der Waals surface area contributed by atoms with Crippen LogP contribution in [-0.2, 0) is 4.79 Å². The molecular weight excluding hydrogens is 347 g/mol. The van der Waals surface area contributed by atoms with Gasteiger partial charge in [-0.1, -0.05) is 0 Å². The first-order chi connectivity index (χ1) is 12.9. The van der Waals surface area contributed by atoms with Crippen molar-refractivity contribution in [2.24, 2.45) is 0 Å². The number of hydrogen-bond donors (Lipinski definition) is 1. The third-order valence-corrected chi connectivity index (χ3v) is 6.26. The summed E-state index contributed by atoms with van der Waals surface area (Å²) in [6.07, 6.45) is 0.671. The summed E-state index contributed by atoms with van der Waals surface area (Å²) in [4.78, 5) is 20.4. The van der Waals surface area contributed by atoms with Crippen molar-refractivity contribution < 1.29 is 14.3 Å². The van der Waals surface area contributed by atoms with Gasteiger partial charge in [0.2, 0.25) is 5.91 Å². The maximum absolute atomic E-state index is 13.1. The van der Waals surface area contributed by atoms with E-state index in [1.165, 1.54) is 12.1 Å². The molecule has 0 radical (unpaired) electrons. The lowest BCUT2D eigenvalue weighted by Crippen LogP contribution is -2.65. The van der Waals surface area contributed by atoms with Crippen LogP contribution in [0.1, 0.15) is 13.3 Å². The van der Waals surface area contributed by atoms with Crippen molar-refractivity contribution in [3.63, 3.8) is 0 Å². The summed E-state index contributed by atoms with van der Waals surface area (Å²) in [6.45, 7) is 9.25. The normalized spacial score (nSPS) is 27.8. The summed E-state index contributed by atoms with van der Waals surface area (Å²) in [5.41, 5.74) is 0.336. The molecule has 1 aromatic rings. The third-order valence-electron chi connectivity index (χ3n) is 6.26. The van der Waals surface area contributed by atoms with E-state index in [2.05, 4.69) is 14.7 Å². The molecule has 3 aliphatic heterocycles. The first-order valence-electron chi connectivity index (χ1n) is 9.87. The first-order valence-corrected chi connectivity index (χ1v) is 9.87. The topological polar surface area (TPSA) is 50.3 Å². The van der Waals surface area contributed by atoms with Gasteiger partial charge in [-0.2, -0.15) is 0 Å². The monoisotopic (exact) mass is 376 g/mol. The van der Waals surface area contributed by atoms with Gasteiger partial charge in [0.05, 0.1) is 12.1 Å². The van der Waals surface area contributed by atoms with Crippen molar-refractivity contribution >= 4 is 11.6 Å². The Balaban J connectivity index is 1.21. The van der Waals surface area contributed by atoms with Crippen LogP contribution in [0.2, 0.25) is 0 Å². The van der Waals surface area contributed by atoms with E-state index >= 15 is 0 Å². The van der Waals surface area contributed by atoms with Crippen LogP contribution >= 0.6 is 0 Å². The van der Waals surface area contributed by atoms with Gasteiger partial charge in [-0.25, -0.2) is 4.39 Å². The molecule has 1 atom stereocenters. The minimum atomic E-state index is -0.752. The lowest BCUT2D eigenvalue weighted by molar-refractivity contribution is -0.129. The second kappa shape index (κ2) is 7.37. The highest BCUT2D eigenvalue weighted by Crippen LogP contribution is 2.27. The van der Waals surface area contributed by atoms with Crippen molar-refractivity contribution in [1.82, 2.24) is 14.7 Å². The number of carbonyl (C=O) groups excluding carboxylic acids is 1.